The molecule has 0 amide bonds. The van der Waals surface area contributed by atoms with Crippen LogP contribution in [0.25, 0.3) is 0 Å². The van der Waals surface area contributed by atoms with Crippen LogP contribution in [0.15, 0.2) is 48.5 Å². The molecule has 3 aromatic rings. The number of carbonyl (C=O) groups excluding carboxylic acids is 1. The Morgan fingerprint density at radius 2 is 1.88 bits per heavy atom. The number of nitrogens with one attached hydrogen (secondary N) is 1. The molecule has 2 heterocycles. The molecule has 2 aliphatic heterocycles. The van der Waals surface area contributed by atoms with E-state index in [1.54, 1.807) is 36.4 Å². The van der Waals surface area contributed by atoms with Crippen molar-refractivity contribution < 1.29 is 45.7 Å². The Morgan fingerprint density at radius 1 is 1.12 bits per heavy atom. The van der Waals surface area contributed by atoms with Gasteiger partial charge in [0.05, 0.1) is 0 Å². The summed E-state index contributed by atoms with van der Waals surface area (Å²) < 4.78 is 13.9. The van der Waals surface area contributed by atoms with Gasteiger partial charge in [0.2, 0.25) is 0 Å². The van der Waals surface area contributed by atoms with Gasteiger partial charge in [0, 0.05) is 0 Å². The topological polar surface area (TPSA) is 114 Å². The number of esters is 1. The first-order valence-corrected chi connectivity index (χ1v) is 13.9. The van der Waals surface area contributed by atoms with E-state index < -0.39 is 32.8 Å². The second kappa shape index (κ2) is 7.92. The van der Waals surface area contributed by atoms with Gasteiger partial charge in [-0.25, -0.2) is 0 Å². The van der Waals surface area contributed by atoms with Crippen molar-refractivity contribution in [2.24, 2.45) is 5.73 Å². The van der Waals surface area contributed by atoms with Crippen LogP contribution in [0.1, 0.15) is 27.0 Å². The Bertz CT molecular complexity index is 1320. The minimum absolute atomic E-state index is 0.0215. The van der Waals surface area contributed by atoms with E-state index >= 15 is 0 Å². The number of phenolic OH excluding ortho intramolecular Hbond substituents is 2. The fraction of sp³-hybridized carbons (Fsp3) is 0.0909. The first-order chi connectivity index (χ1) is 15.3. The summed E-state index contributed by atoms with van der Waals surface area (Å²) in [4.78, 5) is 13.1. The molecule has 1 spiro atoms. The standard InChI is InChI=1S/C22H15I2N2O5S/c23-9-24-18-16(28)6-5-15-19(18)30-17-8-11(27)2-4-14(17)22(15)13-3-1-10(26-21(25)32)7-12(13)20(29)31-22/h1-8,27-28H,9H2,(H3,25,26,32)/q-1. The Balaban J connectivity index is 1.82. The number of ether oxygens (including phenoxy) is 2. The Morgan fingerprint density at radius 3 is 2.62 bits per heavy atom. The van der Waals surface area contributed by atoms with Crippen LogP contribution in [0.5, 0.6) is 23.0 Å². The zero-order chi connectivity index (χ0) is 22.6. The molecule has 0 bridgehead atoms. The van der Waals surface area contributed by atoms with Crippen LogP contribution in [0.3, 0.4) is 0 Å². The third kappa shape index (κ3) is 3.18. The molecule has 1 atom stereocenters. The SMILES string of the molecule is NC(=S)Nc1ccc2c(c1)C(=O)OC21c2ccc(O)cc2Oc2c1ccc(O)c2[I-]CI. The number of benzene rings is 3. The van der Waals surface area contributed by atoms with Gasteiger partial charge in [0.15, 0.2) is 0 Å². The summed E-state index contributed by atoms with van der Waals surface area (Å²) >= 11 is 6.62. The van der Waals surface area contributed by atoms with Crippen molar-refractivity contribution in [2.75, 3.05) is 7.75 Å². The van der Waals surface area contributed by atoms with E-state index in [1.165, 1.54) is 12.1 Å². The second-order valence-corrected chi connectivity index (χ2v) is 13.8. The maximum absolute atomic E-state index is 13.1. The van der Waals surface area contributed by atoms with E-state index in [1.807, 2.05) is 0 Å². The second-order valence-electron chi connectivity index (χ2n) is 7.11. The molecule has 0 aromatic heterocycles. The monoisotopic (exact) mass is 673 g/mol. The van der Waals surface area contributed by atoms with Crippen LogP contribution in [0.2, 0.25) is 0 Å². The summed E-state index contributed by atoms with van der Waals surface area (Å²) in [6.07, 6.45) is 0. The van der Waals surface area contributed by atoms with Crippen LogP contribution in [0.4, 0.5) is 5.69 Å². The molecule has 5 rings (SSSR count). The van der Waals surface area contributed by atoms with E-state index in [-0.39, 0.29) is 16.6 Å². The third-order valence-corrected chi connectivity index (χ3v) is 9.46. The quantitative estimate of drug-likeness (QED) is 0.141. The minimum atomic E-state index is -1.28. The number of halogens is 2. The molecule has 0 saturated carbocycles. The number of rotatable bonds is 3. The van der Waals surface area contributed by atoms with E-state index in [4.69, 9.17) is 27.4 Å². The fourth-order valence-electron chi connectivity index (χ4n) is 4.13. The number of anilines is 1. The van der Waals surface area contributed by atoms with Gasteiger partial charge in [-0.05, 0) is 0 Å². The number of nitrogens with two attached hydrogens (primary N) is 1. The van der Waals surface area contributed by atoms with Crippen molar-refractivity contribution in [3.63, 3.8) is 0 Å². The average Bonchev–Trinajstić information content (AvgIpc) is 3.02. The van der Waals surface area contributed by atoms with Gasteiger partial charge in [0.25, 0.3) is 0 Å². The molecule has 3 aromatic carbocycles. The van der Waals surface area contributed by atoms with Crippen molar-refractivity contribution >= 4 is 51.6 Å². The van der Waals surface area contributed by atoms with Crippen molar-refractivity contribution in [3.05, 3.63) is 74.4 Å². The number of hydrogen-bond donors (Lipinski definition) is 4. The Kier molecular flexibility index (Phi) is 5.33. The molecule has 10 heteroatoms. The number of phenols is 2. The molecule has 0 fully saturated rings. The Labute approximate surface area is 212 Å². The number of alkyl halides is 2. The number of aromatic hydroxyl groups is 2. The van der Waals surface area contributed by atoms with E-state index in [0.29, 0.717) is 39.4 Å². The van der Waals surface area contributed by atoms with Gasteiger partial charge in [-0.2, -0.15) is 0 Å². The third-order valence-electron chi connectivity index (χ3n) is 5.33. The van der Waals surface area contributed by atoms with Gasteiger partial charge in [-0.3, -0.25) is 0 Å². The molecule has 164 valence electrons. The molecule has 32 heavy (non-hydrogen) atoms. The Hall–Kier alpha value is -2.32. The molecule has 0 radical (unpaired) electrons. The van der Waals surface area contributed by atoms with Crippen LogP contribution >= 0.6 is 34.8 Å². The summed E-state index contributed by atoms with van der Waals surface area (Å²) in [6.45, 7) is 0. The number of fused-ring (bicyclic) bond motifs is 6. The molecule has 7 nitrogen and oxygen atoms in total. The van der Waals surface area contributed by atoms with E-state index in [0.717, 1.165) is 6.00 Å². The normalized spacial score (nSPS) is 17.8. The first-order valence-electron chi connectivity index (χ1n) is 9.32. The molecule has 0 saturated heterocycles. The zero-order valence-corrected chi connectivity index (χ0v) is 21.3. The van der Waals surface area contributed by atoms with Gasteiger partial charge >= 0.3 is 214 Å². The summed E-state index contributed by atoms with van der Waals surface area (Å²) in [5.74, 6) is 0.503. The fourth-order valence-corrected chi connectivity index (χ4v) is 7.79. The molecule has 1 unspecified atom stereocenters. The van der Waals surface area contributed by atoms with Gasteiger partial charge in [0.1, 0.15) is 0 Å². The molecular formula is C22H15I2N2O5S-. The predicted molar refractivity (Wildman–Crippen MR) is 126 cm³/mol. The van der Waals surface area contributed by atoms with Crippen molar-refractivity contribution in [1.82, 2.24) is 0 Å². The molecular weight excluding hydrogens is 658 g/mol. The number of hydrogen-bond acceptors (Lipinski definition) is 6. The van der Waals surface area contributed by atoms with Crippen LogP contribution in [0, 0.1) is 3.57 Å². The van der Waals surface area contributed by atoms with Crippen LogP contribution in [-0.2, 0) is 10.3 Å². The van der Waals surface area contributed by atoms with Crippen molar-refractivity contribution in [2.45, 2.75) is 5.60 Å². The van der Waals surface area contributed by atoms with Gasteiger partial charge in [-0.15, -0.1) is 0 Å². The molecule has 0 aliphatic carbocycles. The first kappa shape index (κ1) is 21.5. The van der Waals surface area contributed by atoms with E-state index in [9.17, 15) is 15.0 Å². The average molecular weight is 673 g/mol. The maximum atomic E-state index is 13.1. The predicted octanol–water partition coefficient (Wildman–Crippen LogP) is 0.972. The van der Waals surface area contributed by atoms with Crippen LogP contribution < -0.4 is 37.0 Å². The molecule has 2 aliphatic rings. The van der Waals surface area contributed by atoms with E-state index in [2.05, 4.69) is 27.9 Å². The zero-order valence-electron chi connectivity index (χ0n) is 16.2. The van der Waals surface area contributed by atoms with Gasteiger partial charge < -0.3 is 0 Å². The van der Waals surface area contributed by atoms with Crippen molar-refractivity contribution in [3.8, 4) is 23.0 Å². The number of thiocarbonyl (C=S) groups is 1. The molecule has 5 N–H and O–H groups in total. The summed E-state index contributed by atoms with van der Waals surface area (Å²) in [6, 6.07) is 13.3. The van der Waals surface area contributed by atoms with Gasteiger partial charge in [-0.1, -0.05) is 0 Å². The van der Waals surface area contributed by atoms with Crippen LogP contribution in [-0.4, -0.2) is 23.7 Å². The van der Waals surface area contributed by atoms with Crippen molar-refractivity contribution in [1.29, 1.82) is 0 Å². The summed E-state index contributed by atoms with van der Waals surface area (Å²) in [5.41, 5.74) is 7.12. The summed E-state index contributed by atoms with van der Waals surface area (Å²) in [5, 5.41) is 23.6. The number of carbonyl (C=O) groups is 1. The summed E-state index contributed by atoms with van der Waals surface area (Å²) in [7, 11) is 0.